The summed E-state index contributed by atoms with van der Waals surface area (Å²) in [7, 11) is 0. The van der Waals surface area contributed by atoms with E-state index in [9.17, 15) is 0 Å². The number of benzene rings is 3. The van der Waals surface area contributed by atoms with Crippen molar-refractivity contribution in [3.63, 3.8) is 0 Å². The summed E-state index contributed by atoms with van der Waals surface area (Å²) in [6, 6.07) is 19.4. The van der Waals surface area contributed by atoms with Gasteiger partial charge in [0.1, 0.15) is 0 Å². The third-order valence-electron chi connectivity index (χ3n) is 9.35. The molecule has 5 aliphatic rings. The van der Waals surface area contributed by atoms with Crippen LogP contribution >= 0.6 is 0 Å². The van der Waals surface area contributed by atoms with Gasteiger partial charge < -0.3 is 14.2 Å². The van der Waals surface area contributed by atoms with Crippen molar-refractivity contribution >= 4 is 21.5 Å². The number of hydrogen-bond acceptors (Lipinski definition) is 5. The van der Waals surface area contributed by atoms with E-state index in [-0.39, 0.29) is 18.1 Å². The average molecular weight is 475 g/mol. The first kappa shape index (κ1) is 22.2. The first-order valence-corrected chi connectivity index (χ1v) is 13.2. The van der Waals surface area contributed by atoms with Crippen LogP contribution in [0.5, 0.6) is 0 Å². The van der Waals surface area contributed by atoms with E-state index in [0.29, 0.717) is 18.4 Å². The van der Waals surface area contributed by atoms with Crippen LogP contribution in [-0.4, -0.2) is 24.0 Å². The van der Waals surface area contributed by atoms with Crippen molar-refractivity contribution in [1.29, 1.82) is 0 Å². The van der Waals surface area contributed by atoms with E-state index in [4.69, 9.17) is 24.0 Å². The molecule has 5 heteroatoms. The van der Waals surface area contributed by atoms with Crippen LogP contribution in [0.4, 0.5) is 0 Å². The second-order valence-electron chi connectivity index (χ2n) is 11.4. The lowest BCUT2D eigenvalue weighted by Crippen LogP contribution is -2.70. The van der Waals surface area contributed by atoms with Crippen molar-refractivity contribution in [3.8, 4) is 0 Å². The van der Waals surface area contributed by atoms with E-state index in [1.54, 1.807) is 0 Å². The van der Waals surface area contributed by atoms with Gasteiger partial charge in [-0.3, -0.25) is 0 Å². The molecule has 0 unspecified atom stereocenters. The zero-order valence-corrected chi connectivity index (χ0v) is 20.7. The molecule has 0 radical (unpaired) electrons. The van der Waals surface area contributed by atoms with Gasteiger partial charge in [-0.25, -0.2) is 9.78 Å². The summed E-state index contributed by atoms with van der Waals surface area (Å²) in [6.07, 6.45) is 3.28. The average Bonchev–Trinajstić information content (AvgIpc) is 3.11. The van der Waals surface area contributed by atoms with Crippen molar-refractivity contribution in [2.45, 2.75) is 77.0 Å². The van der Waals surface area contributed by atoms with E-state index >= 15 is 0 Å². The normalized spacial score (nSPS) is 40.5. The highest BCUT2D eigenvalue weighted by Crippen LogP contribution is 2.60. The Morgan fingerprint density at radius 1 is 0.886 bits per heavy atom. The summed E-state index contributed by atoms with van der Waals surface area (Å²) in [5.74, 6) is 0.588. The maximum absolute atomic E-state index is 6.63. The molecule has 4 heterocycles. The number of rotatable bonds is 3. The maximum atomic E-state index is 6.63. The van der Waals surface area contributed by atoms with Crippen molar-refractivity contribution in [1.82, 2.24) is 0 Å². The summed E-state index contributed by atoms with van der Waals surface area (Å²) < 4.78 is 19.7. The Morgan fingerprint density at radius 3 is 2.51 bits per heavy atom. The zero-order valence-electron chi connectivity index (χ0n) is 20.7. The van der Waals surface area contributed by atoms with Crippen molar-refractivity contribution in [2.75, 3.05) is 0 Å². The molecule has 5 fully saturated rings. The Morgan fingerprint density at radius 2 is 1.66 bits per heavy atom. The zero-order chi connectivity index (χ0) is 23.8. The molecule has 3 aromatic carbocycles. The highest BCUT2D eigenvalue weighted by atomic mass is 17.3. The van der Waals surface area contributed by atoms with Gasteiger partial charge >= 0.3 is 0 Å². The van der Waals surface area contributed by atoms with E-state index in [1.807, 2.05) is 6.92 Å². The molecule has 3 aromatic rings. The lowest BCUT2D eigenvalue weighted by atomic mass is 9.58. The Labute approximate surface area is 206 Å². The Balaban J connectivity index is 1.21. The molecule has 2 bridgehead atoms. The monoisotopic (exact) mass is 474 g/mol. The quantitative estimate of drug-likeness (QED) is 0.312. The molecule has 1 aliphatic carbocycles. The fourth-order valence-corrected chi connectivity index (χ4v) is 7.49. The smallest absolute Gasteiger partial charge is 0.201 e. The predicted molar refractivity (Wildman–Crippen MR) is 133 cm³/mol. The molecule has 0 amide bonds. The summed E-state index contributed by atoms with van der Waals surface area (Å²) >= 11 is 0. The van der Waals surface area contributed by atoms with Crippen molar-refractivity contribution in [2.24, 2.45) is 23.7 Å². The van der Waals surface area contributed by atoms with E-state index < -0.39 is 17.7 Å². The van der Waals surface area contributed by atoms with Crippen LogP contribution < -0.4 is 0 Å². The second kappa shape index (κ2) is 7.99. The van der Waals surface area contributed by atoms with Crippen LogP contribution in [0.1, 0.15) is 52.0 Å². The maximum Gasteiger partial charge on any atom is 0.201 e. The molecule has 1 saturated carbocycles. The van der Waals surface area contributed by atoms with Crippen molar-refractivity contribution < 1.29 is 24.0 Å². The summed E-state index contributed by atoms with van der Waals surface area (Å²) in [5, 5.41) is 4.99. The molecule has 0 N–H and O–H groups in total. The van der Waals surface area contributed by atoms with Crippen LogP contribution in [0, 0.1) is 23.7 Å². The van der Waals surface area contributed by atoms with Gasteiger partial charge in [0.25, 0.3) is 0 Å². The SMILES string of the molecule is C[C@H]1[C@@H](OCc2cc3ccccc3c3ccccc23)O[C@@H]2O[C@@]3(C)CC[C@H]4[C@H](C)CC[C@@H]1[C@@]24OO3. The Hall–Kier alpha value is -2.02. The van der Waals surface area contributed by atoms with Crippen LogP contribution in [0.3, 0.4) is 0 Å². The molecular weight excluding hydrogens is 440 g/mol. The largest absolute Gasteiger partial charge is 0.348 e. The fourth-order valence-electron chi connectivity index (χ4n) is 7.49. The number of ether oxygens (including phenoxy) is 3. The fraction of sp³-hybridized carbons (Fsp3) is 0.533. The molecule has 4 aliphatic heterocycles. The predicted octanol–water partition coefficient (Wildman–Crippen LogP) is 6.72. The van der Waals surface area contributed by atoms with Gasteiger partial charge in [0.05, 0.1) is 6.61 Å². The van der Waals surface area contributed by atoms with Crippen LogP contribution in [-0.2, 0) is 30.6 Å². The minimum atomic E-state index is -0.767. The molecule has 8 atom stereocenters. The molecular formula is C30H34O5. The number of fused-ring (bicyclic) bond motifs is 5. The van der Waals surface area contributed by atoms with Gasteiger partial charge in [0.2, 0.25) is 5.79 Å². The molecule has 4 saturated heterocycles. The third kappa shape index (κ3) is 3.25. The van der Waals surface area contributed by atoms with Gasteiger partial charge in [-0.15, -0.1) is 0 Å². The molecule has 35 heavy (non-hydrogen) atoms. The molecule has 8 rings (SSSR count). The summed E-state index contributed by atoms with van der Waals surface area (Å²) in [4.78, 5) is 12.2. The first-order chi connectivity index (χ1) is 17.0. The van der Waals surface area contributed by atoms with E-state index in [0.717, 1.165) is 19.3 Å². The lowest BCUT2D eigenvalue weighted by Gasteiger charge is -2.60. The summed E-state index contributed by atoms with van der Waals surface area (Å²) in [5.41, 5.74) is 0.628. The minimum absolute atomic E-state index is 0.169. The van der Waals surface area contributed by atoms with Crippen LogP contribution in [0.2, 0.25) is 0 Å². The van der Waals surface area contributed by atoms with Gasteiger partial charge in [0.15, 0.2) is 18.2 Å². The topological polar surface area (TPSA) is 46.2 Å². The molecule has 0 aromatic heterocycles. The van der Waals surface area contributed by atoms with Crippen LogP contribution in [0.25, 0.3) is 21.5 Å². The van der Waals surface area contributed by atoms with Crippen LogP contribution in [0.15, 0.2) is 54.6 Å². The van der Waals surface area contributed by atoms with Gasteiger partial charge in [-0.1, -0.05) is 62.4 Å². The standard InChI is InChI=1S/C30H34O5/c1-18-12-13-26-19(2)27(32-28-30(26)25(18)14-15-29(3,33-28)34-35-30)31-17-21-16-20-8-4-5-9-22(20)24-11-7-6-10-23(21)24/h4-11,16,18-19,25-28H,12-15,17H2,1-3H3/t18-,19-,25+,26+,27+,28-,29-,30-/m1/s1. The van der Waals surface area contributed by atoms with Gasteiger partial charge in [0, 0.05) is 18.3 Å². The molecule has 1 spiro atoms. The minimum Gasteiger partial charge on any atom is -0.348 e. The van der Waals surface area contributed by atoms with E-state index in [1.165, 1.54) is 33.5 Å². The first-order valence-electron chi connectivity index (χ1n) is 13.2. The second-order valence-corrected chi connectivity index (χ2v) is 11.4. The molecule has 184 valence electrons. The highest BCUT2D eigenvalue weighted by Gasteiger charge is 2.69. The van der Waals surface area contributed by atoms with Crippen molar-refractivity contribution in [3.05, 3.63) is 60.2 Å². The molecule has 5 nitrogen and oxygen atoms in total. The number of hydrogen-bond donors (Lipinski definition) is 0. The third-order valence-corrected chi connectivity index (χ3v) is 9.35. The Kier molecular flexibility index (Phi) is 5.07. The lowest BCUT2D eigenvalue weighted by molar-refractivity contribution is -0.577. The highest BCUT2D eigenvalue weighted by molar-refractivity contribution is 6.08. The van der Waals surface area contributed by atoms with Gasteiger partial charge in [-0.2, -0.15) is 0 Å². The Bertz CT molecular complexity index is 1270. The summed E-state index contributed by atoms with van der Waals surface area (Å²) in [6.45, 7) is 7.04. The van der Waals surface area contributed by atoms with E-state index in [2.05, 4.69) is 68.4 Å². The van der Waals surface area contributed by atoms with Gasteiger partial charge in [-0.05, 0) is 71.2 Å².